The van der Waals surface area contributed by atoms with Crippen LogP contribution in [0.4, 0.5) is 26.3 Å². The fourth-order valence-electron chi connectivity index (χ4n) is 2.78. The van der Waals surface area contributed by atoms with Gasteiger partial charge in [0, 0.05) is 0 Å². The second-order valence-corrected chi connectivity index (χ2v) is 5.67. The summed E-state index contributed by atoms with van der Waals surface area (Å²) in [6.45, 7) is 0. The van der Waals surface area contributed by atoms with Crippen LogP contribution in [-0.4, -0.2) is 0 Å². The van der Waals surface area contributed by atoms with Gasteiger partial charge in [0.15, 0.2) is 0 Å². The first-order valence-corrected chi connectivity index (χ1v) is 7.61. The molecule has 0 radical (unpaired) electrons. The summed E-state index contributed by atoms with van der Waals surface area (Å²) < 4.78 is 80.8. The maximum Gasteiger partial charge on any atom is 0.417 e. The zero-order chi connectivity index (χ0) is 18.9. The fraction of sp³-hybridized carbons (Fsp3) is 0.100. The molecule has 0 aromatic heterocycles. The second-order valence-electron chi connectivity index (χ2n) is 5.67. The zero-order valence-corrected chi connectivity index (χ0v) is 13.2. The predicted molar refractivity (Wildman–Crippen MR) is 87.3 cm³/mol. The van der Waals surface area contributed by atoms with Crippen molar-refractivity contribution in [3.63, 3.8) is 0 Å². The van der Waals surface area contributed by atoms with Crippen molar-refractivity contribution in [2.75, 3.05) is 0 Å². The van der Waals surface area contributed by atoms with Gasteiger partial charge in [-0.25, -0.2) is 0 Å². The molecule has 0 N–H and O–H groups in total. The smallest absolute Gasteiger partial charge is 0.166 e. The van der Waals surface area contributed by atoms with Gasteiger partial charge in [-0.05, 0) is 34.4 Å². The summed E-state index contributed by atoms with van der Waals surface area (Å²) in [4.78, 5) is 0. The van der Waals surface area contributed by atoms with Gasteiger partial charge in [-0.2, -0.15) is 26.3 Å². The van der Waals surface area contributed by atoms with Crippen molar-refractivity contribution >= 4 is 0 Å². The van der Waals surface area contributed by atoms with Gasteiger partial charge in [0.25, 0.3) is 0 Å². The summed E-state index contributed by atoms with van der Waals surface area (Å²) in [7, 11) is 0. The van der Waals surface area contributed by atoms with Crippen LogP contribution in [0.25, 0.3) is 22.3 Å². The average molecular weight is 366 g/mol. The summed E-state index contributed by atoms with van der Waals surface area (Å²) in [5.41, 5.74) is -2.79. The van der Waals surface area contributed by atoms with Gasteiger partial charge in [-0.3, -0.25) is 0 Å². The number of hydrogen-bond acceptors (Lipinski definition) is 0. The van der Waals surface area contributed by atoms with Crippen molar-refractivity contribution in [2.24, 2.45) is 0 Å². The van der Waals surface area contributed by atoms with E-state index in [-0.39, 0.29) is 28.3 Å². The quantitative estimate of drug-likeness (QED) is 0.426. The molecule has 26 heavy (non-hydrogen) atoms. The van der Waals surface area contributed by atoms with E-state index in [9.17, 15) is 26.3 Å². The first-order valence-electron chi connectivity index (χ1n) is 7.61. The lowest BCUT2D eigenvalue weighted by atomic mass is 9.90. The minimum atomic E-state index is -4.92. The average Bonchev–Trinajstić information content (AvgIpc) is 2.60. The van der Waals surface area contributed by atoms with Crippen LogP contribution >= 0.6 is 0 Å². The molecule has 0 saturated heterocycles. The van der Waals surface area contributed by atoms with E-state index in [0.717, 1.165) is 6.07 Å². The minimum absolute atomic E-state index is 0.199. The number of hydrogen-bond donors (Lipinski definition) is 0. The molecule has 0 heterocycles. The highest BCUT2D eigenvalue weighted by molar-refractivity contribution is 5.79. The lowest BCUT2D eigenvalue weighted by Gasteiger charge is -2.20. The molecule has 0 atom stereocenters. The van der Waals surface area contributed by atoms with Gasteiger partial charge in [0.1, 0.15) is 0 Å². The Morgan fingerprint density at radius 3 is 1.12 bits per heavy atom. The van der Waals surface area contributed by atoms with E-state index >= 15 is 0 Å². The molecule has 3 rings (SSSR count). The molecule has 134 valence electrons. The lowest BCUT2D eigenvalue weighted by Crippen LogP contribution is -2.13. The predicted octanol–water partition coefficient (Wildman–Crippen LogP) is 7.06. The molecule has 0 aliphatic heterocycles. The van der Waals surface area contributed by atoms with Crippen molar-refractivity contribution < 1.29 is 26.3 Å². The highest BCUT2D eigenvalue weighted by Gasteiger charge is 2.40. The van der Waals surface area contributed by atoms with Crippen LogP contribution < -0.4 is 0 Å². The Morgan fingerprint density at radius 1 is 0.462 bits per heavy atom. The molecular formula is C20H12F6. The lowest BCUT2D eigenvalue weighted by molar-refractivity contribution is -0.142. The van der Waals surface area contributed by atoms with Crippen LogP contribution in [0.2, 0.25) is 0 Å². The van der Waals surface area contributed by atoms with E-state index in [4.69, 9.17) is 0 Å². The van der Waals surface area contributed by atoms with Crippen molar-refractivity contribution in [2.45, 2.75) is 12.4 Å². The monoisotopic (exact) mass is 366 g/mol. The van der Waals surface area contributed by atoms with Crippen molar-refractivity contribution in [1.29, 1.82) is 0 Å². The molecule has 0 spiro atoms. The largest absolute Gasteiger partial charge is 0.417 e. The summed E-state index contributed by atoms with van der Waals surface area (Å²) in [5, 5.41) is 0. The molecule has 3 aromatic carbocycles. The maximum atomic E-state index is 13.5. The number of benzene rings is 3. The van der Waals surface area contributed by atoms with Gasteiger partial charge in [-0.15, -0.1) is 0 Å². The first kappa shape index (κ1) is 18.0. The Balaban J connectivity index is 2.37. The summed E-state index contributed by atoms with van der Waals surface area (Å²) in [6.07, 6.45) is -9.83. The highest BCUT2D eigenvalue weighted by Crippen LogP contribution is 2.45. The van der Waals surface area contributed by atoms with E-state index in [2.05, 4.69) is 0 Å². The van der Waals surface area contributed by atoms with Gasteiger partial charge in [0.2, 0.25) is 0 Å². The molecule has 6 heteroatoms. The Kier molecular flexibility index (Phi) is 4.52. The Bertz CT molecular complexity index is 821. The standard InChI is InChI=1S/C20H12F6/c21-19(22,23)17-12-18(20(24,25)26)16(14-9-5-2-6-10-14)11-15(17)13-7-3-1-4-8-13/h1-12H. The summed E-state index contributed by atoms with van der Waals surface area (Å²) in [6, 6.07) is 16.3. The zero-order valence-electron chi connectivity index (χ0n) is 13.2. The van der Waals surface area contributed by atoms with Gasteiger partial charge >= 0.3 is 12.4 Å². The van der Waals surface area contributed by atoms with Gasteiger partial charge < -0.3 is 0 Å². The molecule has 0 saturated carbocycles. The third-order valence-corrected chi connectivity index (χ3v) is 3.94. The SMILES string of the molecule is FC(F)(F)c1cc(C(F)(F)F)c(-c2ccccc2)cc1-c1ccccc1. The molecule has 0 nitrogen and oxygen atoms in total. The van der Waals surface area contributed by atoms with Crippen molar-refractivity contribution in [3.8, 4) is 22.3 Å². The van der Waals surface area contributed by atoms with E-state index in [0.29, 0.717) is 0 Å². The summed E-state index contributed by atoms with van der Waals surface area (Å²) >= 11 is 0. The van der Waals surface area contributed by atoms with E-state index < -0.39 is 23.5 Å². The Labute approximate surface area is 145 Å². The van der Waals surface area contributed by atoms with Crippen LogP contribution in [0, 0.1) is 0 Å². The second kappa shape index (κ2) is 6.52. The molecule has 0 aliphatic carbocycles. The van der Waals surface area contributed by atoms with Gasteiger partial charge in [-0.1, -0.05) is 60.7 Å². The topological polar surface area (TPSA) is 0 Å². The van der Waals surface area contributed by atoms with Crippen LogP contribution in [-0.2, 0) is 12.4 Å². The number of alkyl halides is 6. The maximum absolute atomic E-state index is 13.5. The van der Waals surface area contributed by atoms with Crippen LogP contribution in [0.3, 0.4) is 0 Å². The third-order valence-electron chi connectivity index (χ3n) is 3.94. The normalized spacial score (nSPS) is 12.2. The number of halogens is 6. The fourth-order valence-corrected chi connectivity index (χ4v) is 2.78. The first-order chi connectivity index (χ1) is 12.2. The molecule has 0 unspecified atom stereocenters. The van der Waals surface area contributed by atoms with Crippen LogP contribution in [0.15, 0.2) is 72.8 Å². The molecule has 0 aliphatic rings. The summed E-state index contributed by atoms with van der Waals surface area (Å²) in [5.74, 6) is 0. The van der Waals surface area contributed by atoms with Crippen LogP contribution in [0.5, 0.6) is 0 Å². The van der Waals surface area contributed by atoms with E-state index in [1.165, 1.54) is 48.5 Å². The molecule has 0 fully saturated rings. The molecular weight excluding hydrogens is 354 g/mol. The molecule has 3 aromatic rings. The Hall–Kier alpha value is -2.76. The van der Waals surface area contributed by atoms with Crippen molar-refractivity contribution in [1.82, 2.24) is 0 Å². The van der Waals surface area contributed by atoms with Crippen molar-refractivity contribution in [3.05, 3.63) is 83.9 Å². The minimum Gasteiger partial charge on any atom is -0.166 e. The third kappa shape index (κ3) is 3.59. The van der Waals surface area contributed by atoms with Crippen LogP contribution in [0.1, 0.15) is 11.1 Å². The van der Waals surface area contributed by atoms with Gasteiger partial charge in [0.05, 0.1) is 11.1 Å². The highest BCUT2D eigenvalue weighted by atomic mass is 19.4. The molecule has 0 amide bonds. The van der Waals surface area contributed by atoms with E-state index in [1.54, 1.807) is 12.1 Å². The Morgan fingerprint density at radius 2 is 0.808 bits per heavy atom. The molecule has 0 bridgehead atoms. The van der Waals surface area contributed by atoms with E-state index in [1.807, 2.05) is 0 Å². The number of rotatable bonds is 2.